The zero-order chi connectivity index (χ0) is 11.8. The molecule has 1 aromatic rings. The molecule has 0 saturated heterocycles. The first-order valence-corrected chi connectivity index (χ1v) is 6.26. The Morgan fingerprint density at radius 2 is 1.94 bits per heavy atom. The topological polar surface area (TPSA) is 37.8 Å². The van der Waals surface area contributed by atoms with E-state index in [2.05, 4.69) is 36.1 Å². The highest BCUT2D eigenvalue weighted by atomic mass is 14.9. The molecule has 16 heavy (non-hydrogen) atoms. The highest BCUT2D eigenvalue weighted by Gasteiger charge is 2.13. The van der Waals surface area contributed by atoms with Crippen molar-refractivity contribution >= 4 is 0 Å². The third-order valence-electron chi connectivity index (χ3n) is 2.96. The van der Waals surface area contributed by atoms with Crippen LogP contribution < -0.4 is 5.32 Å². The predicted octanol–water partition coefficient (Wildman–Crippen LogP) is 2.95. The Labute approximate surface area is 98.7 Å². The van der Waals surface area contributed by atoms with E-state index in [4.69, 9.17) is 0 Å². The first-order chi connectivity index (χ1) is 7.77. The van der Waals surface area contributed by atoms with Gasteiger partial charge in [0, 0.05) is 24.0 Å². The summed E-state index contributed by atoms with van der Waals surface area (Å²) in [7, 11) is 0. The van der Waals surface area contributed by atoms with E-state index in [-0.39, 0.29) is 0 Å². The van der Waals surface area contributed by atoms with Gasteiger partial charge in [0.25, 0.3) is 0 Å². The van der Waals surface area contributed by atoms with Crippen LogP contribution >= 0.6 is 0 Å². The molecule has 2 unspecified atom stereocenters. The van der Waals surface area contributed by atoms with E-state index < -0.39 is 0 Å². The summed E-state index contributed by atoms with van der Waals surface area (Å²) in [5.41, 5.74) is 1.20. The average molecular weight is 221 g/mol. The molecule has 1 aromatic heterocycles. The Morgan fingerprint density at radius 1 is 1.25 bits per heavy atom. The smallest absolute Gasteiger partial charge is 0.115 e. The van der Waals surface area contributed by atoms with E-state index in [0.717, 1.165) is 25.3 Å². The van der Waals surface area contributed by atoms with Gasteiger partial charge in [-0.15, -0.1) is 0 Å². The lowest BCUT2D eigenvalue weighted by molar-refractivity contribution is 0.401. The molecular formula is C13H23N3. The van der Waals surface area contributed by atoms with Gasteiger partial charge in [0.2, 0.25) is 0 Å². The Kier molecular flexibility index (Phi) is 6.01. The van der Waals surface area contributed by atoms with Gasteiger partial charge in [-0.2, -0.15) is 0 Å². The number of nitrogens with zero attached hydrogens (tertiary/aromatic N) is 2. The van der Waals surface area contributed by atoms with Gasteiger partial charge in [0.1, 0.15) is 6.33 Å². The zero-order valence-electron chi connectivity index (χ0n) is 10.6. The minimum atomic E-state index is 0.399. The number of nitrogens with one attached hydrogen (secondary N) is 1. The van der Waals surface area contributed by atoms with E-state index in [9.17, 15) is 0 Å². The Morgan fingerprint density at radius 3 is 2.50 bits per heavy atom. The SMILES string of the molecule is CCCNC(CC(C)CC)c1cncnc1. The molecular weight excluding hydrogens is 198 g/mol. The van der Waals surface area contributed by atoms with Crippen LogP contribution in [-0.4, -0.2) is 16.5 Å². The molecule has 0 saturated carbocycles. The van der Waals surface area contributed by atoms with Gasteiger partial charge in [0.15, 0.2) is 0 Å². The largest absolute Gasteiger partial charge is 0.310 e. The van der Waals surface area contributed by atoms with Gasteiger partial charge in [-0.3, -0.25) is 0 Å². The monoisotopic (exact) mass is 221 g/mol. The Hall–Kier alpha value is -0.960. The highest BCUT2D eigenvalue weighted by Crippen LogP contribution is 2.21. The molecule has 0 spiro atoms. The number of hydrogen-bond donors (Lipinski definition) is 1. The van der Waals surface area contributed by atoms with Gasteiger partial charge < -0.3 is 5.32 Å². The van der Waals surface area contributed by atoms with Crippen molar-refractivity contribution < 1.29 is 0 Å². The summed E-state index contributed by atoms with van der Waals surface area (Å²) < 4.78 is 0. The van der Waals surface area contributed by atoms with Crippen LogP contribution in [0.1, 0.15) is 51.6 Å². The summed E-state index contributed by atoms with van der Waals surface area (Å²) in [6, 6.07) is 0.399. The summed E-state index contributed by atoms with van der Waals surface area (Å²) in [6.07, 6.45) is 8.96. The lowest BCUT2D eigenvalue weighted by atomic mass is 9.95. The molecule has 0 bridgehead atoms. The fourth-order valence-corrected chi connectivity index (χ4v) is 1.72. The van der Waals surface area contributed by atoms with E-state index in [1.165, 1.54) is 12.0 Å². The molecule has 0 aliphatic rings. The summed E-state index contributed by atoms with van der Waals surface area (Å²) in [4.78, 5) is 8.19. The third-order valence-corrected chi connectivity index (χ3v) is 2.96. The maximum atomic E-state index is 4.10. The number of rotatable bonds is 7. The summed E-state index contributed by atoms with van der Waals surface area (Å²) >= 11 is 0. The molecule has 90 valence electrons. The summed E-state index contributed by atoms with van der Waals surface area (Å²) in [6.45, 7) is 7.78. The van der Waals surface area contributed by atoms with Gasteiger partial charge in [-0.05, 0) is 25.3 Å². The molecule has 0 aliphatic carbocycles. The Bertz CT molecular complexity index is 274. The first kappa shape index (κ1) is 13.1. The van der Waals surface area contributed by atoms with E-state index in [0.29, 0.717) is 6.04 Å². The molecule has 0 aromatic carbocycles. The first-order valence-electron chi connectivity index (χ1n) is 6.26. The molecule has 0 amide bonds. The third kappa shape index (κ3) is 4.27. The van der Waals surface area contributed by atoms with Crippen molar-refractivity contribution in [1.82, 2.24) is 15.3 Å². The molecule has 3 nitrogen and oxygen atoms in total. The second-order valence-electron chi connectivity index (χ2n) is 4.43. The molecule has 1 N–H and O–H groups in total. The number of aromatic nitrogens is 2. The number of hydrogen-bond acceptors (Lipinski definition) is 3. The van der Waals surface area contributed by atoms with Crippen LogP contribution in [0.5, 0.6) is 0 Å². The predicted molar refractivity (Wildman–Crippen MR) is 67.1 cm³/mol. The van der Waals surface area contributed by atoms with Crippen LogP contribution in [0, 0.1) is 5.92 Å². The van der Waals surface area contributed by atoms with Crippen LogP contribution in [0.3, 0.4) is 0 Å². The molecule has 0 radical (unpaired) electrons. The van der Waals surface area contributed by atoms with Crippen LogP contribution in [0.2, 0.25) is 0 Å². The van der Waals surface area contributed by atoms with E-state index >= 15 is 0 Å². The lowest BCUT2D eigenvalue weighted by Gasteiger charge is -2.21. The van der Waals surface area contributed by atoms with Crippen molar-refractivity contribution in [3.63, 3.8) is 0 Å². The van der Waals surface area contributed by atoms with Crippen molar-refractivity contribution in [3.05, 3.63) is 24.3 Å². The minimum absolute atomic E-state index is 0.399. The fourth-order valence-electron chi connectivity index (χ4n) is 1.72. The molecule has 0 aliphatic heterocycles. The van der Waals surface area contributed by atoms with Crippen molar-refractivity contribution in [2.75, 3.05) is 6.54 Å². The van der Waals surface area contributed by atoms with E-state index in [1.54, 1.807) is 6.33 Å². The van der Waals surface area contributed by atoms with Crippen LogP contribution in [0.25, 0.3) is 0 Å². The van der Waals surface area contributed by atoms with E-state index in [1.807, 2.05) is 12.4 Å². The molecule has 0 fully saturated rings. The maximum absolute atomic E-state index is 4.10. The molecule has 3 heteroatoms. The molecule has 1 rings (SSSR count). The van der Waals surface area contributed by atoms with Gasteiger partial charge in [0.05, 0.1) is 0 Å². The second kappa shape index (κ2) is 7.34. The molecule has 2 atom stereocenters. The van der Waals surface area contributed by atoms with Crippen molar-refractivity contribution in [3.8, 4) is 0 Å². The maximum Gasteiger partial charge on any atom is 0.115 e. The lowest BCUT2D eigenvalue weighted by Crippen LogP contribution is -2.24. The molecule has 1 heterocycles. The van der Waals surface area contributed by atoms with Crippen LogP contribution in [0.15, 0.2) is 18.7 Å². The quantitative estimate of drug-likeness (QED) is 0.769. The summed E-state index contributed by atoms with van der Waals surface area (Å²) in [5.74, 6) is 0.731. The van der Waals surface area contributed by atoms with Gasteiger partial charge in [-0.1, -0.05) is 27.2 Å². The van der Waals surface area contributed by atoms with Crippen molar-refractivity contribution in [2.45, 2.75) is 46.1 Å². The normalized spacial score (nSPS) is 14.7. The Balaban J connectivity index is 2.63. The van der Waals surface area contributed by atoms with Gasteiger partial charge >= 0.3 is 0 Å². The summed E-state index contributed by atoms with van der Waals surface area (Å²) in [5, 5.41) is 3.57. The van der Waals surface area contributed by atoms with Crippen LogP contribution in [0.4, 0.5) is 0 Å². The minimum Gasteiger partial charge on any atom is -0.310 e. The van der Waals surface area contributed by atoms with Crippen molar-refractivity contribution in [1.29, 1.82) is 0 Å². The van der Waals surface area contributed by atoms with Crippen molar-refractivity contribution in [2.24, 2.45) is 5.92 Å². The zero-order valence-corrected chi connectivity index (χ0v) is 10.6. The van der Waals surface area contributed by atoms with Gasteiger partial charge in [-0.25, -0.2) is 9.97 Å². The highest BCUT2D eigenvalue weighted by molar-refractivity contribution is 5.09. The second-order valence-corrected chi connectivity index (χ2v) is 4.43. The van der Waals surface area contributed by atoms with Crippen LogP contribution in [-0.2, 0) is 0 Å². The standard InChI is InChI=1S/C13H23N3/c1-4-6-16-13(7-11(3)5-2)12-8-14-10-15-9-12/h8-11,13,16H,4-7H2,1-3H3. The fraction of sp³-hybridized carbons (Fsp3) is 0.692. The average Bonchev–Trinajstić information content (AvgIpc) is 2.35.